The SMILES string of the molecule is CC(C)(C)OC(=O)N1C2CCC1CN(c1nc(Cl)c(C3CC3)c3c(F)c(Cl)ncc13)C2. The molecule has 2 aromatic heterocycles. The molecule has 1 saturated carbocycles. The molecule has 2 atom stereocenters. The Balaban J connectivity index is 1.51. The highest BCUT2D eigenvalue weighted by atomic mass is 35.5. The fraction of sp³-hybridized carbons (Fsp3) is 0.591. The van der Waals surface area contributed by atoms with Crippen LogP contribution in [0.1, 0.15) is 57.9 Å². The number of anilines is 1. The van der Waals surface area contributed by atoms with E-state index < -0.39 is 11.4 Å². The molecule has 1 aliphatic carbocycles. The lowest BCUT2D eigenvalue weighted by molar-refractivity contribution is 0.0123. The lowest BCUT2D eigenvalue weighted by Crippen LogP contribution is -2.57. The van der Waals surface area contributed by atoms with Crippen molar-refractivity contribution in [1.29, 1.82) is 0 Å². The highest BCUT2D eigenvalue weighted by Crippen LogP contribution is 2.49. The van der Waals surface area contributed by atoms with Crippen molar-refractivity contribution in [2.45, 2.75) is 70.1 Å². The lowest BCUT2D eigenvalue weighted by atomic mass is 10.0. The number of aromatic nitrogens is 2. The molecule has 3 aliphatic rings. The first-order valence-corrected chi connectivity index (χ1v) is 11.5. The molecule has 3 fully saturated rings. The Morgan fingerprint density at radius 2 is 1.77 bits per heavy atom. The molecule has 166 valence electrons. The molecule has 2 unspecified atom stereocenters. The summed E-state index contributed by atoms with van der Waals surface area (Å²) in [5.41, 5.74) is 0.192. The van der Waals surface area contributed by atoms with Crippen LogP contribution in [0.5, 0.6) is 0 Å². The molecular weight excluding hydrogens is 442 g/mol. The second-order valence-electron chi connectivity index (χ2n) is 9.74. The summed E-state index contributed by atoms with van der Waals surface area (Å²) in [4.78, 5) is 25.5. The Morgan fingerprint density at radius 1 is 1.13 bits per heavy atom. The maximum Gasteiger partial charge on any atom is 0.410 e. The molecule has 0 radical (unpaired) electrons. The summed E-state index contributed by atoms with van der Waals surface area (Å²) in [6, 6.07) is 0.0230. The van der Waals surface area contributed by atoms with Crippen molar-refractivity contribution in [2.24, 2.45) is 0 Å². The molecule has 4 heterocycles. The standard InChI is InChI=1S/C22H25Cl2FN4O2/c1-22(2,3)31-21(30)29-12-6-7-13(29)10-28(9-12)20-14-8-26-19(24)17(25)16(14)15(11-4-5-11)18(23)27-20/h8,11-13H,4-7,9-10H2,1-3H3. The van der Waals surface area contributed by atoms with E-state index in [9.17, 15) is 4.79 Å². The maximum atomic E-state index is 15.1. The van der Waals surface area contributed by atoms with Gasteiger partial charge >= 0.3 is 6.09 Å². The quantitative estimate of drug-likeness (QED) is 0.543. The third-order valence-corrected chi connectivity index (χ3v) is 6.84. The number of piperazine rings is 1. The summed E-state index contributed by atoms with van der Waals surface area (Å²) in [5.74, 6) is 0.278. The smallest absolute Gasteiger partial charge is 0.410 e. The Bertz CT molecular complexity index is 1060. The monoisotopic (exact) mass is 466 g/mol. The van der Waals surface area contributed by atoms with Crippen LogP contribution in [0.3, 0.4) is 0 Å². The van der Waals surface area contributed by atoms with Crippen molar-refractivity contribution in [1.82, 2.24) is 14.9 Å². The van der Waals surface area contributed by atoms with Crippen LogP contribution in [-0.4, -0.2) is 51.7 Å². The van der Waals surface area contributed by atoms with Crippen LogP contribution in [0.4, 0.5) is 15.0 Å². The molecule has 0 N–H and O–H groups in total. The van der Waals surface area contributed by atoms with E-state index in [0.717, 1.165) is 31.2 Å². The van der Waals surface area contributed by atoms with Crippen molar-refractivity contribution in [3.05, 3.63) is 27.9 Å². The summed E-state index contributed by atoms with van der Waals surface area (Å²) in [5, 5.41) is 1.23. The molecule has 0 aromatic carbocycles. The van der Waals surface area contributed by atoms with Gasteiger partial charge in [-0.25, -0.2) is 19.2 Å². The fourth-order valence-electron chi connectivity index (χ4n) is 4.89. The first-order chi connectivity index (χ1) is 14.6. The van der Waals surface area contributed by atoms with Crippen LogP contribution >= 0.6 is 23.2 Å². The van der Waals surface area contributed by atoms with Gasteiger partial charge in [0.15, 0.2) is 11.0 Å². The first-order valence-electron chi connectivity index (χ1n) is 10.7. The van der Waals surface area contributed by atoms with Gasteiger partial charge in [0.1, 0.15) is 16.6 Å². The van der Waals surface area contributed by atoms with Gasteiger partial charge in [0.2, 0.25) is 0 Å². The zero-order valence-corrected chi connectivity index (χ0v) is 19.3. The van der Waals surface area contributed by atoms with Gasteiger partial charge in [-0.3, -0.25) is 4.90 Å². The Hall–Kier alpha value is -1.86. The highest BCUT2D eigenvalue weighted by Gasteiger charge is 2.45. The summed E-state index contributed by atoms with van der Waals surface area (Å²) in [7, 11) is 0. The number of carbonyl (C=O) groups is 1. The van der Waals surface area contributed by atoms with Crippen molar-refractivity contribution in [2.75, 3.05) is 18.0 Å². The Labute approximate surface area is 190 Å². The topological polar surface area (TPSA) is 58.6 Å². The number of pyridine rings is 2. The molecule has 2 bridgehead atoms. The average Bonchev–Trinajstić information content (AvgIpc) is 3.47. The van der Waals surface area contributed by atoms with Crippen molar-refractivity contribution >= 4 is 45.9 Å². The summed E-state index contributed by atoms with van der Waals surface area (Å²) in [6.45, 7) is 6.78. The van der Waals surface area contributed by atoms with Crippen molar-refractivity contribution < 1.29 is 13.9 Å². The lowest BCUT2D eigenvalue weighted by Gasteiger charge is -2.42. The summed E-state index contributed by atoms with van der Waals surface area (Å²) < 4.78 is 20.7. The number of hydrogen-bond donors (Lipinski definition) is 0. The van der Waals surface area contributed by atoms with Gasteiger partial charge in [0.25, 0.3) is 0 Å². The number of nitrogens with zero attached hydrogens (tertiary/aromatic N) is 4. The molecule has 1 amide bonds. The van der Waals surface area contributed by atoms with Crippen molar-refractivity contribution in [3.8, 4) is 0 Å². The largest absolute Gasteiger partial charge is 0.444 e. The molecule has 9 heteroatoms. The van der Waals surface area contributed by atoms with Gasteiger partial charge in [-0.05, 0) is 52.4 Å². The number of fused-ring (bicyclic) bond motifs is 3. The van der Waals surface area contributed by atoms with Crippen LogP contribution in [0, 0.1) is 5.82 Å². The number of hydrogen-bond acceptors (Lipinski definition) is 5. The number of carbonyl (C=O) groups excluding carboxylic acids is 1. The fourth-order valence-corrected chi connectivity index (χ4v) is 5.36. The van der Waals surface area contributed by atoms with E-state index in [1.54, 1.807) is 6.20 Å². The first kappa shape index (κ1) is 21.0. The van der Waals surface area contributed by atoms with E-state index in [1.165, 1.54) is 0 Å². The molecule has 0 spiro atoms. The second kappa shape index (κ2) is 7.34. The zero-order valence-electron chi connectivity index (χ0n) is 17.8. The molecule has 2 aromatic rings. The summed E-state index contributed by atoms with van der Waals surface area (Å²) >= 11 is 12.6. The van der Waals surface area contributed by atoms with E-state index in [2.05, 4.69) is 14.9 Å². The van der Waals surface area contributed by atoms with E-state index in [0.29, 0.717) is 34.8 Å². The second-order valence-corrected chi connectivity index (χ2v) is 10.5. The third kappa shape index (κ3) is 3.69. The predicted octanol–water partition coefficient (Wildman–Crippen LogP) is 5.54. The zero-order chi connectivity index (χ0) is 22.1. The van der Waals surface area contributed by atoms with Crippen LogP contribution in [0.2, 0.25) is 10.3 Å². The Kier molecular flexibility index (Phi) is 4.97. The van der Waals surface area contributed by atoms with E-state index in [-0.39, 0.29) is 29.2 Å². The van der Waals surface area contributed by atoms with E-state index in [1.807, 2.05) is 25.7 Å². The van der Waals surface area contributed by atoms with Crippen LogP contribution in [0.25, 0.3) is 10.8 Å². The number of ether oxygens (including phenoxy) is 1. The van der Waals surface area contributed by atoms with Gasteiger partial charge in [0.05, 0.1) is 12.1 Å². The minimum Gasteiger partial charge on any atom is -0.444 e. The van der Waals surface area contributed by atoms with Gasteiger partial charge in [0, 0.05) is 35.6 Å². The van der Waals surface area contributed by atoms with Crippen LogP contribution in [-0.2, 0) is 4.74 Å². The summed E-state index contributed by atoms with van der Waals surface area (Å²) in [6.07, 6.45) is 5.03. The van der Waals surface area contributed by atoms with E-state index >= 15 is 4.39 Å². The predicted molar refractivity (Wildman–Crippen MR) is 119 cm³/mol. The Morgan fingerprint density at radius 3 is 2.35 bits per heavy atom. The number of amides is 1. The van der Waals surface area contributed by atoms with Crippen LogP contribution in [0.15, 0.2) is 6.20 Å². The van der Waals surface area contributed by atoms with Gasteiger partial charge in [-0.15, -0.1) is 0 Å². The van der Waals surface area contributed by atoms with Gasteiger partial charge in [-0.2, -0.15) is 0 Å². The molecule has 5 rings (SSSR count). The van der Waals surface area contributed by atoms with E-state index in [4.69, 9.17) is 27.9 Å². The maximum absolute atomic E-state index is 15.1. The minimum atomic E-state index is -0.542. The molecular formula is C22H25Cl2FN4O2. The van der Waals surface area contributed by atoms with Gasteiger partial charge < -0.3 is 9.64 Å². The molecule has 31 heavy (non-hydrogen) atoms. The molecule has 2 saturated heterocycles. The molecule has 6 nitrogen and oxygen atoms in total. The van der Waals surface area contributed by atoms with Gasteiger partial charge in [-0.1, -0.05) is 23.2 Å². The highest BCUT2D eigenvalue weighted by molar-refractivity contribution is 6.32. The normalized spacial score (nSPS) is 23.5. The van der Waals surface area contributed by atoms with Crippen LogP contribution < -0.4 is 4.90 Å². The number of halogens is 3. The number of rotatable bonds is 2. The van der Waals surface area contributed by atoms with Crippen molar-refractivity contribution in [3.63, 3.8) is 0 Å². The molecule has 2 aliphatic heterocycles. The minimum absolute atomic E-state index is 0.0115. The third-order valence-electron chi connectivity index (χ3n) is 6.29. The average molecular weight is 467 g/mol.